The van der Waals surface area contributed by atoms with E-state index >= 15 is 0 Å². The second kappa shape index (κ2) is 10.7. The number of benzene rings is 1. The van der Waals surface area contributed by atoms with Gasteiger partial charge in [-0.2, -0.15) is 0 Å². The van der Waals surface area contributed by atoms with Crippen LogP contribution in [0, 0.1) is 5.92 Å². The Hall–Kier alpha value is -3.09. The molecule has 1 aromatic heterocycles. The summed E-state index contributed by atoms with van der Waals surface area (Å²) in [6.45, 7) is 7.15. The highest BCUT2D eigenvalue weighted by Crippen LogP contribution is 2.38. The molecule has 7 nitrogen and oxygen atoms in total. The van der Waals surface area contributed by atoms with Crippen molar-refractivity contribution in [1.29, 1.82) is 0 Å². The molecule has 198 valence electrons. The fraction of sp³-hybridized carbons (Fsp3) is 0.567. The van der Waals surface area contributed by atoms with Crippen LogP contribution in [0.4, 0.5) is 16.3 Å². The van der Waals surface area contributed by atoms with Crippen molar-refractivity contribution in [2.75, 3.05) is 18.0 Å². The van der Waals surface area contributed by atoms with Gasteiger partial charge in [0.05, 0.1) is 6.04 Å². The van der Waals surface area contributed by atoms with Gasteiger partial charge in [0.1, 0.15) is 17.5 Å². The standard InChI is InChI=1S/C30H40N4O3/c1-30(2,3)37-29(36)32-27(22-11-5-4-6-12-22)28(35)34-18-9-14-25(34)23-15-17-31-26(20-23)33-19-16-21-10-7-8-13-24(21)33/h7-8,10,13,15,17,20,22,25,27H,4-6,9,11-12,14,16,18-19H2,1-3H3,(H,32,36)/t25-,27-/m0/s1. The quantitative estimate of drug-likeness (QED) is 0.548. The van der Waals surface area contributed by atoms with Gasteiger partial charge >= 0.3 is 6.09 Å². The van der Waals surface area contributed by atoms with Gasteiger partial charge in [0.2, 0.25) is 5.91 Å². The fourth-order valence-electron chi connectivity index (χ4n) is 6.20. The third-order valence-electron chi connectivity index (χ3n) is 7.91. The number of fused-ring (bicyclic) bond motifs is 1. The Morgan fingerprint density at radius 2 is 1.81 bits per heavy atom. The van der Waals surface area contributed by atoms with Gasteiger partial charge in [0, 0.05) is 25.0 Å². The van der Waals surface area contributed by atoms with Gasteiger partial charge in [-0.15, -0.1) is 0 Å². The second-order valence-corrected chi connectivity index (χ2v) is 11.7. The zero-order valence-corrected chi connectivity index (χ0v) is 22.4. The number of nitrogens with zero attached hydrogens (tertiary/aromatic N) is 3. The number of ether oxygens (including phenoxy) is 1. The lowest BCUT2D eigenvalue weighted by atomic mass is 9.83. The average Bonchev–Trinajstić information content (AvgIpc) is 3.54. The number of alkyl carbamates (subject to hydrolysis) is 1. The van der Waals surface area contributed by atoms with Crippen LogP contribution in [0.25, 0.3) is 0 Å². The maximum absolute atomic E-state index is 14.1. The number of para-hydroxylation sites is 1. The highest BCUT2D eigenvalue weighted by Gasteiger charge is 2.39. The maximum atomic E-state index is 14.1. The molecule has 2 fully saturated rings. The molecule has 2 aliphatic heterocycles. The summed E-state index contributed by atoms with van der Waals surface area (Å²) in [6.07, 6.45) is 9.52. The Balaban J connectivity index is 1.37. The number of amides is 2. The van der Waals surface area contributed by atoms with E-state index in [0.29, 0.717) is 6.54 Å². The lowest BCUT2D eigenvalue weighted by molar-refractivity contribution is -0.136. The minimum absolute atomic E-state index is 0.0152. The number of pyridine rings is 1. The van der Waals surface area contributed by atoms with E-state index in [1.54, 1.807) is 0 Å². The summed E-state index contributed by atoms with van der Waals surface area (Å²) in [4.78, 5) is 35.8. The third-order valence-corrected chi connectivity index (χ3v) is 7.91. The van der Waals surface area contributed by atoms with Crippen LogP contribution in [0.15, 0.2) is 42.6 Å². The van der Waals surface area contributed by atoms with Gasteiger partial charge in [0.15, 0.2) is 0 Å². The molecule has 1 aromatic carbocycles. The van der Waals surface area contributed by atoms with Crippen molar-refractivity contribution in [2.24, 2.45) is 5.92 Å². The number of hydrogen-bond donors (Lipinski definition) is 1. The number of rotatable bonds is 5. The van der Waals surface area contributed by atoms with Crippen molar-refractivity contribution in [1.82, 2.24) is 15.2 Å². The Morgan fingerprint density at radius 3 is 2.59 bits per heavy atom. The topological polar surface area (TPSA) is 74.8 Å². The molecule has 0 bridgehead atoms. The minimum atomic E-state index is -0.609. The highest BCUT2D eigenvalue weighted by atomic mass is 16.6. The van der Waals surface area contributed by atoms with Crippen LogP contribution >= 0.6 is 0 Å². The van der Waals surface area contributed by atoms with E-state index in [9.17, 15) is 9.59 Å². The Bertz CT molecular complexity index is 1120. The first-order valence-electron chi connectivity index (χ1n) is 13.9. The highest BCUT2D eigenvalue weighted by molar-refractivity contribution is 5.86. The van der Waals surface area contributed by atoms with E-state index in [1.165, 1.54) is 17.7 Å². The summed E-state index contributed by atoms with van der Waals surface area (Å²) >= 11 is 0. The molecular weight excluding hydrogens is 464 g/mol. The predicted molar refractivity (Wildman–Crippen MR) is 145 cm³/mol. The van der Waals surface area contributed by atoms with Crippen LogP contribution in [0.1, 0.15) is 82.9 Å². The van der Waals surface area contributed by atoms with Gasteiger partial charge < -0.3 is 19.9 Å². The summed E-state index contributed by atoms with van der Waals surface area (Å²) in [7, 11) is 0. The zero-order chi connectivity index (χ0) is 26.0. The lowest BCUT2D eigenvalue weighted by Crippen LogP contribution is -2.53. The largest absolute Gasteiger partial charge is 0.444 e. The molecule has 2 amide bonds. The number of nitrogens with one attached hydrogen (secondary N) is 1. The number of hydrogen-bond acceptors (Lipinski definition) is 5. The molecular formula is C30H40N4O3. The van der Waals surface area contributed by atoms with Crippen molar-refractivity contribution >= 4 is 23.5 Å². The Labute approximate surface area is 220 Å². The van der Waals surface area contributed by atoms with E-state index in [-0.39, 0.29) is 17.9 Å². The monoisotopic (exact) mass is 504 g/mol. The molecule has 0 spiro atoms. The van der Waals surface area contributed by atoms with Gasteiger partial charge in [0.25, 0.3) is 0 Å². The average molecular weight is 505 g/mol. The third kappa shape index (κ3) is 5.76. The molecule has 37 heavy (non-hydrogen) atoms. The van der Waals surface area contributed by atoms with Crippen LogP contribution in [-0.2, 0) is 16.0 Å². The van der Waals surface area contributed by atoms with Crippen molar-refractivity contribution < 1.29 is 14.3 Å². The zero-order valence-electron chi connectivity index (χ0n) is 22.4. The van der Waals surface area contributed by atoms with Crippen molar-refractivity contribution in [2.45, 2.75) is 89.8 Å². The first-order chi connectivity index (χ1) is 17.8. The molecule has 1 saturated heterocycles. The smallest absolute Gasteiger partial charge is 0.408 e. The molecule has 1 N–H and O–H groups in total. The van der Waals surface area contributed by atoms with Crippen LogP contribution in [0.3, 0.4) is 0 Å². The number of aromatic nitrogens is 1. The Morgan fingerprint density at radius 1 is 1.03 bits per heavy atom. The molecule has 0 unspecified atom stereocenters. The Kier molecular flexibility index (Phi) is 7.40. The van der Waals surface area contributed by atoms with E-state index in [4.69, 9.17) is 9.72 Å². The summed E-state index contributed by atoms with van der Waals surface area (Å²) in [6, 6.07) is 12.1. The van der Waals surface area contributed by atoms with Crippen LogP contribution < -0.4 is 10.2 Å². The van der Waals surface area contributed by atoms with Crippen molar-refractivity contribution in [3.8, 4) is 0 Å². The van der Waals surface area contributed by atoms with E-state index in [0.717, 1.165) is 62.9 Å². The first kappa shape index (κ1) is 25.6. The summed E-state index contributed by atoms with van der Waals surface area (Å²) in [5, 5.41) is 2.99. The molecule has 7 heteroatoms. The summed E-state index contributed by atoms with van der Waals surface area (Å²) in [5.74, 6) is 1.09. The number of carbonyl (C=O) groups excluding carboxylic acids is 2. The van der Waals surface area contributed by atoms with Crippen molar-refractivity contribution in [3.05, 3.63) is 53.7 Å². The minimum Gasteiger partial charge on any atom is -0.444 e. The predicted octanol–water partition coefficient (Wildman–Crippen LogP) is 5.91. The van der Waals surface area contributed by atoms with Gasteiger partial charge in [-0.1, -0.05) is 37.5 Å². The van der Waals surface area contributed by atoms with Crippen LogP contribution in [0.2, 0.25) is 0 Å². The van der Waals surface area contributed by atoms with Crippen molar-refractivity contribution in [3.63, 3.8) is 0 Å². The van der Waals surface area contributed by atoms with Gasteiger partial charge in [-0.05, 0) is 88.1 Å². The summed E-state index contributed by atoms with van der Waals surface area (Å²) < 4.78 is 5.55. The van der Waals surface area contributed by atoms with E-state index in [2.05, 4.69) is 40.5 Å². The van der Waals surface area contributed by atoms with E-state index in [1.807, 2.05) is 37.9 Å². The fourth-order valence-corrected chi connectivity index (χ4v) is 6.20. The van der Waals surface area contributed by atoms with Crippen LogP contribution in [0.5, 0.6) is 0 Å². The number of likely N-dealkylation sites (tertiary alicyclic amines) is 1. The molecule has 2 atom stereocenters. The van der Waals surface area contributed by atoms with Gasteiger partial charge in [-0.3, -0.25) is 4.79 Å². The van der Waals surface area contributed by atoms with Crippen LogP contribution in [-0.4, -0.2) is 46.6 Å². The molecule has 5 rings (SSSR count). The summed E-state index contributed by atoms with van der Waals surface area (Å²) in [5.41, 5.74) is 3.06. The molecule has 2 aromatic rings. The number of anilines is 2. The molecule has 0 radical (unpaired) electrons. The normalized spacial score (nSPS) is 21.0. The first-order valence-corrected chi connectivity index (χ1v) is 13.9. The molecule has 1 saturated carbocycles. The molecule has 3 heterocycles. The maximum Gasteiger partial charge on any atom is 0.408 e. The molecule has 3 aliphatic rings. The van der Waals surface area contributed by atoms with E-state index < -0.39 is 17.7 Å². The molecule has 1 aliphatic carbocycles. The van der Waals surface area contributed by atoms with Gasteiger partial charge in [-0.25, -0.2) is 9.78 Å². The lowest BCUT2D eigenvalue weighted by Gasteiger charge is -2.35. The second-order valence-electron chi connectivity index (χ2n) is 11.7. The SMILES string of the molecule is CC(C)(C)OC(=O)N[C@H](C(=O)N1CCC[C@H]1c1ccnc(N2CCc3ccccc32)c1)C1CCCCC1. The number of carbonyl (C=O) groups is 2.